The van der Waals surface area contributed by atoms with E-state index in [2.05, 4.69) is 6.26 Å². The van der Waals surface area contributed by atoms with Crippen LogP contribution in [0.1, 0.15) is 6.42 Å². The molecular weight excluding hydrogens is 194 g/mol. The van der Waals surface area contributed by atoms with Crippen LogP contribution in [0.3, 0.4) is 0 Å². The number of thioether (sulfide) groups is 2. The minimum atomic E-state index is -0.902. The number of nitrogens with two attached hydrogens (primary N) is 1. The first-order valence-electron chi connectivity index (χ1n) is 3.73. The fourth-order valence-electron chi connectivity index (χ4n) is 0.578. The predicted molar refractivity (Wildman–Crippen MR) is 55.9 cm³/mol. The number of aliphatic carboxylic acids is 1. The summed E-state index contributed by atoms with van der Waals surface area (Å²) >= 11 is 3.56. The van der Waals surface area contributed by atoms with Gasteiger partial charge in [0, 0.05) is 11.5 Å². The van der Waals surface area contributed by atoms with Gasteiger partial charge in [-0.05, 0) is 18.4 Å². The third-order valence-corrected chi connectivity index (χ3v) is 3.21. The quantitative estimate of drug-likeness (QED) is 0.610. The summed E-state index contributed by atoms with van der Waals surface area (Å²) < 4.78 is 0. The molecule has 0 spiro atoms. The zero-order valence-corrected chi connectivity index (χ0v) is 8.79. The summed E-state index contributed by atoms with van der Waals surface area (Å²) in [6.45, 7) is 0. The molecule has 0 amide bonds. The average molecular weight is 209 g/mol. The third kappa shape index (κ3) is 6.82. The van der Waals surface area contributed by atoms with Crippen molar-refractivity contribution in [2.75, 3.05) is 23.5 Å². The van der Waals surface area contributed by atoms with Gasteiger partial charge < -0.3 is 10.8 Å². The number of hydrogen-bond donors (Lipinski definition) is 2. The summed E-state index contributed by atoms with van der Waals surface area (Å²) in [5, 5.41) is 8.45. The minimum Gasteiger partial charge on any atom is -0.480 e. The highest BCUT2D eigenvalue weighted by Gasteiger charge is 2.09. The van der Waals surface area contributed by atoms with Crippen LogP contribution in [0.5, 0.6) is 0 Å². The lowest BCUT2D eigenvalue weighted by atomic mass is 10.2. The minimum absolute atomic E-state index is 0.564. The molecule has 1 atom stereocenters. The van der Waals surface area contributed by atoms with Crippen LogP contribution < -0.4 is 5.73 Å². The van der Waals surface area contributed by atoms with Crippen molar-refractivity contribution in [1.82, 2.24) is 0 Å². The molecule has 72 valence electrons. The Bertz CT molecular complexity index is 133. The smallest absolute Gasteiger partial charge is 0.320 e. The number of carboxylic acid groups (broad SMARTS) is 1. The van der Waals surface area contributed by atoms with E-state index in [1.807, 2.05) is 0 Å². The molecule has 3 N–H and O–H groups in total. The maximum absolute atomic E-state index is 10.3. The topological polar surface area (TPSA) is 63.3 Å². The highest BCUT2D eigenvalue weighted by Crippen LogP contribution is 2.06. The van der Waals surface area contributed by atoms with E-state index in [1.54, 1.807) is 23.5 Å². The van der Waals surface area contributed by atoms with Gasteiger partial charge in [-0.1, -0.05) is 0 Å². The van der Waals surface area contributed by atoms with Gasteiger partial charge in [-0.2, -0.15) is 23.5 Å². The Kier molecular flexibility index (Phi) is 7.85. The van der Waals surface area contributed by atoms with Gasteiger partial charge in [-0.15, -0.1) is 0 Å². The molecule has 0 aromatic heterocycles. The lowest BCUT2D eigenvalue weighted by Gasteiger charge is -2.04. The Morgan fingerprint density at radius 2 is 2.17 bits per heavy atom. The fraction of sp³-hybridized carbons (Fsp3) is 0.857. The van der Waals surface area contributed by atoms with E-state index >= 15 is 0 Å². The summed E-state index contributed by atoms with van der Waals surface area (Å²) in [4.78, 5) is 10.3. The normalized spacial score (nSPS) is 12.8. The average Bonchev–Trinajstić information content (AvgIpc) is 2.03. The van der Waals surface area contributed by atoms with Crippen LogP contribution in [-0.2, 0) is 4.79 Å². The zero-order valence-electron chi connectivity index (χ0n) is 7.16. The van der Waals surface area contributed by atoms with Gasteiger partial charge in [0.25, 0.3) is 0 Å². The molecule has 0 aliphatic heterocycles. The van der Waals surface area contributed by atoms with Crippen LogP contribution in [0.15, 0.2) is 0 Å². The van der Waals surface area contributed by atoms with Crippen molar-refractivity contribution in [3.63, 3.8) is 0 Å². The fourth-order valence-corrected chi connectivity index (χ4v) is 2.34. The van der Waals surface area contributed by atoms with E-state index in [-0.39, 0.29) is 0 Å². The first-order chi connectivity index (χ1) is 5.68. The van der Waals surface area contributed by atoms with Crippen LogP contribution in [0.4, 0.5) is 0 Å². The van der Waals surface area contributed by atoms with Crippen LogP contribution in [-0.4, -0.2) is 40.6 Å². The monoisotopic (exact) mass is 209 g/mol. The van der Waals surface area contributed by atoms with Crippen LogP contribution in [0.2, 0.25) is 0 Å². The molecule has 5 heteroatoms. The Morgan fingerprint density at radius 1 is 1.50 bits per heavy atom. The first-order valence-corrected chi connectivity index (χ1v) is 6.28. The molecule has 3 nitrogen and oxygen atoms in total. The van der Waals surface area contributed by atoms with Crippen molar-refractivity contribution in [2.24, 2.45) is 5.73 Å². The highest BCUT2D eigenvalue weighted by molar-refractivity contribution is 8.02. The van der Waals surface area contributed by atoms with Crippen LogP contribution in [0.25, 0.3) is 0 Å². The maximum atomic E-state index is 10.3. The zero-order chi connectivity index (χ0) is 9.40. The van der Waals surface area contributed by atoms with E-state index < -0.39 is 12.0 Å². The molecule has 0 aromatic rings. The van der Waals surface area contributed by atoms with E-state index in [9.17, 15) is 4.79 Å². The van der Waals surface area contributed by atoms with Crippen molar-refractivity contribution in [3.8, 4) is 0 Å². The molecule has 0 rings (SSSR count). The second kappa shape index (κ2) is 7.76. The van der Waals surface area contributed by atoms with Gasteiger partial charge in [0.2, 0.25) is 0 Å². The molecule has 0 aromatic carbocycles. The number of rotatable bonds is 7. The number of hydrogen-bond acceptors (Lipinski definition) is 4. The van der Waals surface area contributed by atoms with Crippen molar-refractivity contribution in [2.45, 2.75) is 12.5 Å². The van der Waals surface area contributed by atoms with Gasteiger partial charge in [0.15, 0.2) is 0 Å². The standard InChI is InChI=1S/C7H15NO2S2/c1-11-4-5-12-3-2-6(8)7(9)10/h6H,2-5,8H2,1H3,(H,9,10). The van der Waals surface area contributed by atoms with Gasteiger partial charge in [0.1, 0.15) is 6.04 Å². The predicted octanol–water partition coefficient (Wildman–Crippen LogP) is 0.885. The van der Waals surface area contributed by atoms with Gasteiger partial charge in [-0.25, -0.2) is 0 Å². The molecular formula is C7H15NO2S2. The number of carboxylic acids is 1. The Hall–Kier alpha value is 0.130. The third-order valence-electron chi connectivity index (χ3n) is 1.32. The summed E-state index contributed by atoms with van der Waals surface area (Å²) in [5.41, 5.74) is 5.31. The molecule has 0 aliphatic carbocycles. The van der Waals surface area contributed by atoms with E-state index in [0.717, 1.165) is 17.3 Å². The molecule has 12 heavy (non-hydrogen) atoms. The molecule has 0 saturated carbocycles. The van der Waals surface area contributed by atoms with Crippen molar-refractivity contribution >= 4 is 29.5 Å². The Labute approximate surface area is 81.5 Å². The molecule has 0 saturated heterocycles. The van der Waals surface area contributed by atoms with E-state index in [4.69, 9.17) is 10.8 Å². The largest absolute Gasteiger partial charge is 0.480 e. The molecule has 0 radical (unpaired) electrons. The van der Waals surface area contributed by atoms with Crippen molar-refractivity contribution in [3.05, 3.63) is 0 Å². The molecule has 0 aliphatic rings. The SMILES string of the molecule is CSCCSCCC(N)C(=O)O. The van der Waals surface area contributed by atoms with Gasteiger partial charge >= 0.3 is 5.97 Å². The van der Waals surface area contributed by atoms with Crippen LogP contribution >= 0.6 is 23.5 Å². The van der Waals surface area contributed by atoms with Crippen LogP contribution in [0, 0.1) is 0 Å². The lowest BCUT2D eigenvalue weighted by molar-refractivity contribution is -0.138. The number of carbonyl (C=O) groups is 1. The lowest BCUT2D eigenvalue weighted by Crippen LogP contribution is -2.30. The highest BCUT2D eigenvalue weighted by atomic mass is 32.2. The Balaban J connectivity index is 3.14. The molecule has 1 unspecified atom stereocenters. The maximum Gasteiger partial charge on any atom is 0.320 e. The van der Waals surface area contributed by atoms with Crippen molar-refractivity contribution in [1.29, 1.82) is 0 Å². The van der Waals surface area contributed by atoms with Gasteiger partial charge in [0.05, 0.1) is 0 Å². The molecule has 0 bridgehead atoms. The molecule has 0 heterocycles. The van der Waals surface area contributed by atoms with E-state index in [1.165, 1.54) is 0 Å². The van der Waals surface area contributed by atoms with Crippen molar-refractivity contribution < 1.29 is 9.90 Å². The Morgan fingerprint density at radius 3 is 2.67 bits per heavy atom. The summed E-state index contributed by atoms with van der Waals surface area (Å²) in [6, 6.07) is -0.688. The second-order valence-electron chi connectivity index (χ2n) is 2.34. The van der Waals surface area contributed by atoms with Gasteiger partial charge in [-0.3, -0.25) is 4.79 Å². The van der Waals surface area contributed by atoms with E-state index in [0.29, 0.717) is 6.42 Å². The second-order valence-corrected chi connectivity index (χ2v) is 4.55. The summed E-state index contributed by atoms with van der Waals surface area (Å²) in [5.74, 6) is 2.13. The summed E-state index contributed by atoms with van der Waals surface area (Å²) in [6.07, 6.45) is 2.62. The summed E-state index contributed by atoms with van der Waals surface area (Å²) in [7, 11) is 0. The molecule has 0 fully saturated rings. The first kappa shape index (κ1) is 12.1.